The first-order valence-corrected chi connectivity index (χ1v) is 3.27. The Morgan fingerprint density at radius 3 is 1.36 bits per heavy atom. The number of phenolic OH excluding ortho intramolecular Hbond substituents is 2. The van der Waals surface area contributed by atoms with E-state index in [9.17, 15) is 8.78 Å². The summed E-state index contributed by atoms with van der Waals surface area (Å²) in [6.07, 6.45) is 0. The van der Waals surface area contributed by atoms with Crippen molar-refractivity contribution in [3.63, 3.8) is 0 Å². The molecule has 1 aromatic carbocycles. The Labute approximate surface area is 76.9 Å². The summed E-state index contributed by atoms with van der Waals surface area (Å²) >= 11 is 0. The fourth-order valence-electron chi connectivity index (χ4n) is 0.874. The third kappa shape index (κ3) is 1.10. The van der Waals surface area contributed by atoms with Crippen LogP contribution in [-0.2, 0) is 0 Å². The lowest BCUT2D eigenvalue weighted by Crippen LogP contribution is -1.96. The molecule has 0 bridgehead atoms. The average Bonchev–Trinajstić information content (AvgIpc) is 2.20. The Morgan fingerprint density at radius 1 is 0.857 bits per heavy atom. The predicted octanol–water partition coefficient (Wildman–Crippen LogP) is 1.12. The van der Waals surface area contributed by atoms with Crippen molar-refractivity contribution in [3.05, 3.63) is 22.8 Å². The molecule has 0 aliphatic rings. The molecule has 0 aliphatic heterocycles. The van der Waals surface area contributed by atoms with Crippen molar-refractivity contribution < 1.29 is 19.0 Å². The molecule has 0 spiro atoms. The summed E-state index contributed by atoms with van der Waals surface area (Å²) in [6, 6.07) is 2.43. The highest BCUT2D eigenvalue weighted by Gasteiger charge is 2.23. The van der Waals surface area contributed by atoms with Gasteiger partial charge in [-0.2, -0.15) is 10.5 Å². The Hall–Kier alpha value is -2.34. The minimum Gasteiger partial charge on any atom is -0.502 e. The van der Waals surface area contributed by atoms with E-state index in [1.807, 2.05) is 0 Å². The maximum absolute atomic E-state index is 12.9. The summed E-state index contributed by atoms with van der Waals surface area (Å²) in [7, 11) is 0. The van der Waals surface area contributed by atoms with Crippen molar-refractivity contribution in [1.29, 1.82) is 10.5 Å². The predicted molar refractivity (Wildman–Crippen MR) is 39.1 cm³/mol. The van der Waals surface area contributed by atoms with E-state index in [0.717, 1.165) is 0 Å². The van der Waals surface area contributed by atoms with Gasteiger partial charge in [0.2, 0.25) is 0 Å². The van der Waals surface area contributed by atoms with Gasteiger partial charge < -0.3 is 10.2 Å². The molecule has 0 atom stereocenters. The smallest absolute Gasteiger partial charge is 0.198 e. The summed E-state index contributed by atoms with van der Waals surface area (Å²) in [5.74, 6) is -5.78. The minimum absolute atomic E-state index is 0.930. The van der Waals surface area contributed by atoms with E-state index in [1.165, 1.54) is 12.1 Å². The van der Waals surface area contributed by atoms with Crippen molar-refractivity contribution in [1.82, 2.24) is 0 Å². The lowest BCUT2D eigenvalue weighted by atomic mass is 10.1. The average molecular weight is 196 g/mol. The second-order valence-corrected chi connectivity index (χ2v) is 2.30. The van der Waals surface area contributed by atoms with Crippen LogP contribution in [0.25, 0.3) is 0 Å². The van der Waals surface area contributed by atoms with Crippen LogP contribution in [0, 0.1) is 34.3 Å². The lowest BCUT2D eigenvalue weighted by Gasteiger charge is -2.04. The van der Waals surface area contributed by atoms with Gasteiger partial charge in [-0.15, -0.1) is 0 Å². The normalized spacial score (nSPS) is 9.14. The Bertz CT molecular complexity index is 441. The van der Waals surface area contributed by atoms with Crippen LogP contribution in [-0.4, -0.2) is 10.2 Å². The molecule has 0 heterocycles. The van der Waals surface area contributed by atoms with Crippen LogP contribution in [0.4, 0.5) is 8.78 Å². The largest absolute Gasteiger partial charge is 0.502 e. The van der Waals surface area contributed by atoms with Gasteiger partial charge in [0.25, 0.3) is 0 Å². The lowest BCUT2D eigenvalue weighted by molar-refractivity contribution is 0.357. The number of halogens is 2. The number of phenols is 2. The van der Waals surface area contributed by atoms with Crippen molar-refractivity contribution in [3.8, 4) is 23.6 Å². The fraction of sp³-hybridized carbons (Fsp3) is 0. The van der Waals surface area contributed by atoms with Crippen molar-refractivity contribution in [2.75, 3.05) is 0 Å². The first-order valence-electron chi connectivity index (χ1n) is 3.27. The molecule has 0 amide bonds. The second-order valence-electron chi connectivity index (χ2n) is 2.30. The maximum Gasteiger partial charge on any atom is 0.198 e. The van der Waals surface area contributed by atoms with Gasteiger partial charge in [-0.25, -0.2) is 8.78 Å². The molecule has 1 aromatic rings. The summed E-state index contributed by atoms with van der Waals surface area (Å²) < 4.78 is 25.9. The molecule has 0 unspecified atom stereocenters. The van der Waals surface area contributed by atoms with Gasteiger partial charge in [0.05, 0.1) is 0 Å². The molecule has 0 aromatic heterocycles. The van der Waals surface area contributed by atoms with E-state index in [1.54, 1.807) is 0 Å². The first-order chi connectivity index (χ1) is 6.54. The van der Waals surface area contributed by atoms with Gasteiger partial charge in [-0.05, 0) is 0 Å². The number of rotatable bonds is 0. The molecule has 0 fully saturated rings. The van der Waals surface area contributed by atoms with E-state index in [4.69, 9.17) is 20.7 Å². The maximum atomic E-state index is 12.9. The number of nitrogens with zero attached hydrogens (tertiary/aromatic N) is 2. The summed E-state index contributed by atoms with van der Waals surface area (Å²) in [5, 5.41) is 34.3. The highest BCUT2D eigenvalue weighted by atomic mass is 19.1. The minimum atomic E-state index is -1.51. The number of hydrogen-bond acceptors (Lipinski definition) is 4. The van der Waals surface area contributed by atoms with Crippen molar-refractivity contribution >= 4 is 0 Å². The molecule has 0 saturated heterocycles. The Kier molecular flexibility index (Phi) is 2.22. The molecule has 4 nitrogen and oxygen atoms in total. The number of aromatic hydroxyl groups is 2. The zero-order chi connectivity index (χ0) is 10.9. The molecule has 6 heteroatoms. The van der Waals surface area contributed by atoms with Crippen LogP contribution in [0.15, 0.2) is 0 Å². The molecule has 14 heavy (non-hydrogen) atoms. The van der Waals surface area contributed by atoms with Crippen molar-refractivity contribution in [2.45, 2.75) is 0 Å². The molecule has 0 aliphatic carbocycles. The number of nitriles is 2. The monoisotopic (exact) mass is 196 g/mol. The second kappa shape index (κ2) is 3.19. The van der Waals surface area contributed by atoms with E-state index < -0.39 is 34.3 Å². The van der Waals surface area contributed by atoms with Crippen LogP contribution in [0.5, 0.6) is 11.5 Å². The van der Waals surface area contributed by atoms with Crippen molar-refractivity contribution in [2.24, 2.45) is 0 Å². The van der Waals surface area contributed by atoms with Gasteiger partial charge in [0, 0.05) is 0 Å². The Morgan fingerprint density at radius 2 is 1.14 bits per heavy atom. The molecular weight excluding hydrogens is 194 g/mol. The third-order valence-electron chi connectivity index (χ3n) is 1.55. The fourth-order valence-corrected chi connectivity index (χ4v) is 0.874. The topological polar surface area (TPSA) is 88.0 Å². The van der Waals surface area contributed by atoms with Gasteiger partial charge in [0.1, 0.15) is 23.3 Å². The molecule has 1 rings (SSSR count). The van der Waals surface area contributed by atoms with Crippen LogP contribution in [0.2, 0.25) is 0 Å². The van der Waals surface area contributed by atoms with E-state index in [-0.39, 0.29) is 0 Å². The molecule has 0 saturated carbocycles. The van der Waals surface area contributed by atoms with Crippen LogP contribution in [0.3, 0.4) is 0 Å². The van der Waals surface area contributed by atoms with Crippen LogP contribution >= 0.6 is 0 Å². The zero-order valence-electron chi connectivity index (χ0n) is 6.54. The van der Waals surface area contributed by atoms with Crippen LogP contribution in [0.1, 0.15) is 11.1 Å². The third-order valence-corrected chi connectivity index (χ3v) is 1.55. The van der Waals surface area contributed by atoms with Gasteiger partial charge >= 0.3 is 0 Å². The van der Waals surface area contributed by atoms with Gasteiger partial charge in [0.15, 0.2) is 23.1 Å². The Balaban J connectivity index is 3.79. The summed E-state index contributed by atoms with van der Waals surface area (Å²) in [6.45, 7) is 0. The van der Waals surface area contributed by atoms with Gasteiger partial charge in [-0.1, -0.05) is 0 Å². The van der Waals surface area contributed by atoms with Gasteiger partial charge in [-0.3, -0.25) is 0 Å². The molecule has 70 valence electrons. The van der Waals surface area contributed by atoms with Crippen LogP contribution < -0.4 is 0 Å². The highest BCUT2D eigenvalue weighted by molar-refractivity contribution is 5.57. The van der Waals surface area contributed by atoms with E-state index >= 15 is 0 Å². The summed E-state index contributed by atoms with van der Waals surface area (Å²) in [5.41, 5.74) is -1.86. The highest BCUT2D eigenvalue weighted by Crippen LogP contribution is 2.35. The first kappa shape index (κ1) is 9.75. The standard InChI is InChI=1S/C8H2F2N2O2/c9-5-3(1-11)4(2-12)6(10)8(14)7(5)13/h13-14H. The quantitative estimate of drug-likeness (QED) is 0.608. The van der Waals surface area contributed by atoms with E-state index in [2.05, 4.69) is 0 Å². The SMILES string of the molecule is N#Cc1c(F)c(O)c(O)c(F)c1C#N. The zero-order valence-corrected chi connectivity index (χ0v) is 6.54. The number of hydrogen-bond donors (Lipinski definition) is 2. The summed E-state index contributed by atoms with van der Waals surface area (Å²) in [4.78, 5) is 0. The molecule has 0 radical (unpaired) electrons. The molecule has 2 N–H and O–H groups in total. The molecular formula is C8H2F2N2O2. The van der Waals surface area contributed by atoms with E-state index in [0.29, 0.717) is 0 Å². The number of benzene rings is 1.